The van der Waals surface area contributed by atoms with Crippen LogP contribution < -0.4 is 4.74 Å². The fourth-order valence-corrected chi connectivity index (χ4v) is 2.40. The molecule has 0 radical (unpaired) electrons. The molecule has 2 aromatic rings. The highest BCUT2D eigenvalue weighted by Gasteiger charge is 2.39. The number of aromatic hydroxyl groups is 2. The number of ether oxygens (including phenoxy) is 1. The summed E-state index contributed by atoms with van der Waals surface area (Å²) in [4.78, 5) is 11.9. The second kappa shape index (κ2) is 4.47. The molecule has 0 amide bonds. The summed E-state index contributed by atoms with van der Waals surface area (Å²) in [5.41, 5.74) is -0.371. The summed E-state index contributed by atoms with van der Waals surface area (Å²) in [6.45, 7) is -0.172. The van der Waals surface area contributed by atoms with Crippen LogP contribution in [0.15, 0.2) is 36.4 Å². The van der Waals surface area contributed by atoms with Crippen LogP contribution in [-0.4, -0.2) is 32.8 Å². The molecule has 0 saturated carbocycles. The zero-order chi connectivity index (χ0) is 15.2. The molecule has 0 spiro atoms. The number of para-hydroxylation sites is 1. The molecule has 0 aliphatic carbocycles. The maximum absolute atomic E-state index is 11.9. The normalized spacial score (nSPS) is 13.9. The molecule has 3 rings (SSSR count). The Morgan fingerprint density at radius 1 is 1.00 bits per heavy atom. The predicted molar refractivity (Wildman–Crippen MR) is 71.3 cm³/mol. The van der Waals surface area contributed by atoms with Gasteiger partial charge in [0, 0.05) is 5.56 Å². The van der Waals surface area contributed by atoms with E-state index in [1.165, 1.54) is 30.3 Å². The third kappa shape index (κ3) is 1.93. The SMILES string of the molecule is O=C1COc2cccc(C(O)(O)c3cccc(O)c3O)c21. The molecule has 1 heterocycles. The predicted octanol–water partition coefficient (Wildman–Crippen LogP) is 0.859. The van der Waals surface area contributed by atoms with Crippen molar-refractivity contribution >= 4 is 5.78 Å². The molecule has 0 unspecified atom stereocenters. The Morgan fingerprint density at radius 2 is 1.67 bits per heavy atom. The number of ketones is 1. The molecule has 108 valence electrons. The number of phenolic OH excluding ortho intramolecular Hbond substituents is 2. The third-order valence-corrected chi connectivity index (χ3v) is 3.43. The highest BCUT2D eigenvalue weighted by Crippen LogP contribution is 2.41. The zero-order valence-corrected chi connectivity index (χ0v) is 10.8. The van der Waals surface area contributed by atoms with Crippen molar-refractivity contribution in [1.82, 2.24) is 0 Å². The zero-order valence-electron chi connectivity index (χ0n) is 10.8. The van der Waals surface area contributed by atoms with Crippen LogP contribution in [0.25, 0.3) is 0 Å². The molecule has 6 nitrogen and oxygen atoms in total. The molecule has 0 aromatic heterocycles. The van der Waals surface area contributed by atoms with Crippen molar-refractivity contribution in [2.75, 3.05) is 6.61 Å². The average molecular weight is 288 g/mol. The van der Waals surface area contributed by atoms with Crippen LogP contribution in [0.3, 0.4) is 0 Å². The number of carbonyl (C=O) groups excluding carboxylic acids is 1. The van der Waals surface area contributed by atoms with Gasteiger partial charge in [0.05, 0.1) is 11.1 Å². The fraction of sp³-hybridized carbons (Fsp3) is 0.133. The van der Waals surface area contributed by atoms with Crippen molar-refractivity contribution in [3.63, 3.8) is 0 Å². The number of rotatable bonds is 2. The van der Waals surface area contributed by atoms with E-state index in [2.05, 4.69) is 0 Å². The van der Waals surface area contributed by atoms with E-state index in [-0.39, 0.29) is 34.8 Å². The molecule has 1 aliphatic heterocycles. The van der Waals surface area contributed by atoms with Gasteiger partial charge in [-0.05, 0) is 18.2 Å². The number of phenols is 2. The van der Waals surface area contributed by atoms with Crippen LogP contribution in [0.2, 0.25) is 0 Å². The Morgan fingerprint density at radius 3 is 2.43 bits per heavy atom. The van der Waals surface area contributed by atoms with Gasteiger partial charge in [0.2, 0.25) is 11.6 Å². The molecule has 21 heavy (non-hydrogen) atoms. The van der Waals surface area contributed by atoms with Crippen LogP contribution >= 0.6 is 0 Å². The summed E-state index contributed by atoms with van der Waals surface area (Å²) < 4.78 is 5.15. The number of hydrogen-bond donors (Lipinski definition) is 4. The Bertz CT molecular complexity index is 735. The minimum atomic E-state index is -2.64. The Hall–Kier alpha value is -2.57. The van der Waals surface area contributed by atoms with Crippen LogP contribution in [0.1, 0.15) is 21.5 Å². The smallest absolute Gasteiger partial charge is 0.222 e. The first-order valence-corrected chi connectivity index (χ1v) is 6.18. The number of carbonyl (C=O) groups is 1. The first-order valence-electron chi connectivity index (χ1n) is 6.18. The van der Waals surface area contributed by atoms with Crippen molar-refractivity contribution in [2.45, 2.75) is 5.79 Å². The molecule has 0 atom stereocenters. The van der Waals surface area contributed by atoms with Crippen LogP contribution in [0.5, 0.6) is 17.2 Å². The van der Waals surface area contributed by atoms with Crippen molar-refractivity contribution in [3.8, 4) is 17.2 Å². The van der Waals surface area contributed by atoms with Gasteiger partial charge in [-0.25, -0.2) is 0 Å². The van der Waals surface area contributed by atoms with Crippen LogP contribution in [0, 0.1) is 0 Å². The first-order chi connectivity index (χ1) is 9.93. The molecular formula is C15H12O6. The van der Waals surface area contributed by atoms with Crippen LogP contribution in [0.4, 0.5) is 0 Å². The van der Waals surface area contributed by atoms with Gasteiger partial charge in [-0.3, -0.25) is 4.79 Å². The summed E-state index contributed by atoms with van der Waals surface area (Å²) in [7, 11) is 0. The van der Waals surface area contributed by atoms with E-state index in [0.29, 0.717) is 0 Å². The molecule has 6 heteroatoms. The highest BCUT2D eigenvalue weighted by atomic mass is 16.5. The van der Waals surface area contributed by atoms with Gasteiger partial charge in [-0.15, -0.1) is 0 Å². The largest absolute Gasteiger partial charge is 0.504 e. The van der Waals surface area contributed by atoms with Crippen molar-refractivity contribution in [1.29, 1.82) is 0 Å². The first kappa shape index (κ1) is 13.4. The van der Waals surface area contributed by atoms with E-state index in [1.807, 2.05) is 0 Å². The monoisotopic (exact) mass is 288 g/mol. The number of fused-ring (bicyclic) bond motifs is 1. The minimum absolute atomic E-state index is 0.0604. The molecule has 2 aromatic carbocycles. The lowest BCUT2D eigenvalue weighted by molar-refractivity contribution is -0.133. The van der Waals surface area contributed by atoms with E-state index >= 15 is 0 Å². The molecular weight excluding hydrogens is 276 g/mol. The lowest BCUT2D eigenvalue weighted by atomic mass is 9.91. The molecule has 1 aliphatic rings. The molecule has 0 saturated heterocycles. The number of aliphatic hydroxyl groups is 2. The Balaban J connectivity index is 2.22. The maximum atomic E-state index is 11.9. The van der Waals surface area contributed by atoms with E-state index < -0.39 is 17.3 Å². The quantitative estimate of drug-likeness (QED) is 0.482. The lowest BCUT2D eigenvalue weighted by Gasteiger charge is -2.25. The fourth-order valence-electron chi connectivity index (χ4n) is 2.40. The standard InChI is InChI=1S/C15H12O6/c16-10-5-1-4-9(14(10)18)15(19,20)8-3-2-6-12-13(8)11(17)7-21-12/h1-6,16,18-20H,7H2. The van der Waals surface area contributed by atoms with Crippen molar-refractivity contribution in [2.24, 2.45) is 0 Å². The second-order valence-electron chi connectivity index (χ2n) is 4.74. The van der Waals surface area contributed by atoms with Gasteiger partial charge in [0.15, 0.2) is 18.1 Å². The maximum Gasteiger partial charge on any atom is 0.222 e. The van der Waals surface area contributed by atoms with Gasteiger partial charge in [-0.1, -0.05) is 18.2 Å². The summed E-state index contributed by atoms with van der Waals surface area (Å²) in [6.07, 6.45) is 0. The third-order valence-electron chi connectivity index (χ3n) is 3.43. The van der Waals surface area contributed by atoms with Gasteiger partial charge < -0.3 is 25.2 Å². The number of hydrogen-bond acceptors (Lipinski definition) is 6. The lowest BCUT2D eigenvalue weighted by Crippen LogP contribution is -2.28. The van der Waals surface area contributed by atoms with Gasteiger partial charge >= 0.3 is 0 Å². The highest BCUT2D eigenvalue weighted by molar-refractivity contribution is 6.03. The van der Waals surface area contributed by atoms with Gasteiger partial charge in [0.1, 0.15) is 5.75 Å². The van der Waals surface area contributed by atoms with E-state index in [9.17, 15) is 25.2 Å². The minimum Gasteiger partial charge on any atom is -0.504 e. The van der Waals surface area contributed by atoms with E-state index in [0.717, 1.165) is 0 Å². The summed E-state index contributed by atoms with van der Waals surface area (Å²) >= 11 is 0. The second-order valence-corrected chi connectivity index (χ2v) is 4.74. The number of Topliss-reactive ketones (excluding diaryl/α,β-unsaturated/α-hetero) is 1. The van der Waals surface area contributed by atoms with E-state index in [4.69, 9.17) is 4.74 Å². The van der Waals surface area contributed by atoms with Gasteiger partial charge in [0.25, 0.3) is 0 Å². The Labute approximate surface area is 119 Å². The van der Waals surface area contributed by atoms with Gasteiger partial charge in [-0.2, -0.15) is 0 Å². The van der Waals surface area contributed by atoms with Crippen molar-refractivity contribution in [3.05, 3.63) is 53.1 Å². The molecule has 0 fully saturated rings. The Kier molecular flexibility index (Phi) is 2.86. The molecule has 4 N–H and O–H groups in total. The summed E-state index contributed by atoms with van der Waals surface area (Å²) in [5.74, 6) is -3.92. The summed E-state index contributed by atoms with van der Waals surface area (Å²) in [5, 5.41) is 40.2. The topological polar surface area (TPSA) is 107 Å². The summed E-state index contributed by atoms with van der Waals surface area (Å²) in [6, 6.07) is 8.21. The number of benzene rings is 2. The molecule has 0 bridgehead atoms. The average Bonchev–Trinajstić information content (AvgIpc) is 2.83. The van der Waals surface area contributed by atoms with Crippen molar-refractivity contribution < 1.29 is 30.0 Å². The van der Waals surface area contributed by atoms with E-state index in [1.54, 1.807) is 6.07 Å². The van der Waals surface area contributed by atoms with Crippen LogP contribution in [-0.2, 0) is 5.79 Å².